The highest BCUT2D eigenvalue weighted by molar-refractivity contribution is 7.17. The number of nitrogens with zero attached hydrogens (tertiary/aromatic N) is 1. The summed E-state index contributed by atoms with van der Waals surface area (Å²) < 4.78 is 5.52. The van der Waals surface area contributed by atoms with E-state index in [0.29, 0.717) is 17.0 Å². The second-order valence-corrected chi connectivity index (χ2v) is 8.64. The van der Waals surface area contributed by atoms with Crippen LogP contribution in [-0.4, -0.2) is 41.2 Å². The van der Waals surface area contributed by atoms with Gasteiger partial charge in [0.1, 0.15) is 11.5 Å². The number of thiazole rings is 1. The summed E-state index contributed by atoms with van der Waals surface area (Å²) in [6.07, 6.45) is -0.320. The molecule has 2 aromatic carbocycles. The minimum absolute atomic E-state index is 0.0173. The summed E-state index contributed by atoms with van der Waals surface area (Å²) in [7, 11) is 0. The number of ether oxygens (including phenoxy) is 1. The number of fused-ring (bicyclic) bond motifs is 3. The summed E-state index contributed by atoms with van der Waals surface area (Å²) in [5.41, 5.74) is 5.02. The molecular weight excluding hydrogens is 442 g/mol. The van der Waals surface area contributed by atoms with Crippen molar-refractivity contribution in [2.45, 2.75) is 25.7 Å². The molecule has 9 heteroatoms. The molecule has 0 spiro atoms. The van der Waals surface area contributed by atoms with E-state index in [1.54, 1.807) is 6.92 Å². The van der Waals surface area contributed by atoms with Crippen LogP contribution in [0.15, 0.2) is 48.5 Å². The van der Waals surface area contributed by atoms with Crippen molar-refractivity contribution in [3.63, 3.8) is 0 Å². The van der Waals surface area contributed by atoms with Crippen molar-refractivity contribution in [3.05, 3.63) is 70.2 Å². The van der Waals surface area contributed by atoms with E-state index < -0.39 is 12.1 Å². The number of aromatic nitrogens is 1. The van der Waals surface area contributed by atoms with Gasteiger partial charge in [0.15, 0.2) is 5.13 Å². The number of anilines is 1. The molecule has 0 saturated carbocycles. The predicted molar refractivity (Wildman–Crippen MR) is 125 cm³/mol. The zero-order valence-corrected chi connectivity index (χ0v) is 18.8. The molecule has 0 radical (unpaired) electrons. The monoisotopic (exact) mass is 465 g/mol. The molecule has 1 aliphatic carbocycles. The Morgan fingerprint density at radius 1 is 1.06 bits per heavy atom. The molecule has 3 aromatic rings. The first-order valence-corrected chi connectivity index (χ1v) is 11.3. The fourth-order valence-corrected chi connectivity index (χ4v) is 4.77. The van der Waals surface area contributed by atoms with Gasteiger partial charge in [-0.1, -0.05) is 59.9 Å². The Labute approximate surface area is 194 Å². The van der Waals surface area contributed by atoms with E-state index >= 15 is 0 Å². The summed E-state index contributed by atoms with van der Waals surface area (Å²) in [6, 6.07) is 16.2. The van der Waals surface area contributed by atoms with Crippen LogP contribution in [0, 0.1) is 6.92 Å². The smallest absolute Gasteiger partial charge is 0.413 e. The summed E-state index contributed by atoms with van der Waals surface area (Å²) in [5.74, 6) is -1.31. The van der Waals surface area contributed by atoms with Crippen molar-refractivity contribution >= 4 is 34.4 Å². The van der Waals surface area contributed by atoms with Crippen molar-refractivity contribution in [1.82, 2.24) is 10.3 Å². The fourth-order valence-electron chi connectivity index (χ4n) is 3.90. The molecule has 8 nitrogen and oxygen atoms in total. The van der Waals surface area contributed by atoms with Gasteiger partial charge < -0.3 is 15.2 Å². The number of amides is 2. The molecule has 33 heavy (non-hydrogen) atoms. The minimum atomic E-state index is -0.909. The summed E-state index contributed by atoms with van der Waals surface area (Å²) in [6.45, 7) is 2.10. The molecule has 1 aromatic heterocycles. The number of hydrogen-bond acceptors (Lipinski definition) is 6. The van der Waals surface area contributed by atoms with Crippen LogP contribution < -0.4 is 10.6 Å². The molecule has 4 rings (SSSR count). The maximum atomic E-state index is 12.4. The van der Waals surface area contributed by atoms with E-state index in [0.717, 1.165) is 33.6 Å². The first kappa shape index (κ1) is 22.5. The lowest BCUT2D eigenvalue weighted by atomic mass is 9.98. The third kappa shape index (κ3) is 5.04. The maximum Gasteiger partial charge on any atom is 0.413 e. The number of carboxylic acid groups (broad SMARTS) is 1. The molecule has 0 bridgehead atoms. The molecule has 1 aliphatic rings. The van der Waals surface area contributed by atoms with Gasteiger partial charge in [0.25, 0.3) is 5.91 Å². The van der Waals surface area contributed by atoms with Gasteiger partial charge in [0.05, 0.1) is 5.69 Å². The Bertz CT molecular complexity index is 1160. The molecule has 1 heterocycles. The summed E-state index contributed by atoms with van der Waals surface area (Å²) >= 11 is 1.04. The SMILES string of the molecule is Cc1nc(NC(=O)OCC2c3ccccc3-c3ccccc32)sc1C(=O)NCCCC(=O)O. The third-order valence-corrected chi connectivity index (χ3v) is 6.48. The largest absolute Gasteiger partial charge is 0.481 e. The van der Waals surface area contributed by atoms with E-state index in [2.05, 4.69) is 27.8 Å². The molecule has 0 saturated heterocycles. The summed E-state index contributed by atoms with van der Waals surface area (Å²) in [4.78, 5) is 39.9. The van der Waals surface area contributed by atoms with Crippen molar-refractivity contribution in [3.8, 4) is 11.1 Å². The van der Waals surface area contributed by atoms with Crippen LogP contribution in [0.1, 0.15) is 45.3 Å². The molecular formula is C24H23N3O5S. The zero-order valence-electron chi connectivity index (χ0n) is 18.0. The van der Waals surface area contributed by atoms with Gasteiger partial charge in [-0.15, -0.1) is 0 Å². The van der Waals surface area contributed by atoms with Crippen molar-refractivity contribution < 1.29 is 24.2 Å². The van der Waals surface area contributed by atoms with Crippen LogP contribution in [0.25, 0.3) is 11.1 Å². The molecule has 0 fully saturated rings. The van der Waals surface area contributed by atoms with Gasteiger partial charge in [-0.05, 0) is 35.6 Å². The first-order chi connectivity index (χ1) is 15.9. The molecule has 0 aliphatic heterocycles. The normalized spacial score (nSPS) is 12.0. The fraction of sp³-hybridized carbons (Fsp3) is 0.250. The number of carboxylic acids is 1. The number of benzene rings is 2. The number of nitrogens with one attached hydrogen (secondary N) is 2. The van der Waals surface area contributed by atoms with E-state index in [1.165, 1.54) is 0 Å². The van der Waals surface area contributed by atoms with Gasteiger partial charge in [0, 0.05) is 18.9 Å². The number of aliphatic carboxylic acids is 1. The first-order valence-electron chi connectivity index (χ1n) is 10.5. The second kappa shape index (κ2) is 9.83. The van der Waals surface area contributed by atoms with Crippen molar-refractivity contribution in [2.24, 2.45) is 0 Å². The standard InChI is InChI=1S/C24H23N3O5S/c1-14-21(22(30)25-12-6-11-20(28)29)33-23(26-14)27-24(31)32-13-19-17-9-4-2-7-15(17)16-8-3-5-10-18(16)19/h2-5,7-10,19H,6,11-13H2,1H3,(H,25,30)(H,28,29)(H,26,27,31). The molecule has 0 unspecified atom stereocenters. The Balaban J connectivity index is 1.35. The lowest BCUT2D eigenvalue weighted by molar-refractivity contribution is -0.137. The number of hydrogen-bond donors (Lipinski definition) is 3. The van der Waals surface area contributed by atoms with Crippen molar-refractivity contribution in [2.75, 3.05) is 18.5 Å². The molecule has 0 atom stereocenters. The van der Waals surface area contributed by atoms with Crippen LogP contribution in [-0.2, 0) is 9.53 Å². The Morgan fingerprint density at radius 3 is 2.33 bits per heavy atom. The highest BCUT2D eigenvalue weighted by Gasteiger charge is 2.29. The van der Waals surface area contributed by atoms with Crippen molar-refractivity contribution in [1.29, 1.82) is 0 Å². The van der Waals surface area contributed by atoms with Gasteiger partial charge in [-0.2, -0.15) is 0 Å². The Morgan fingerprint density at radius 2 is 1.70 bits per heavy atom. The topological polar surface area (TPSA) is 118 Å². The van der Waals surface area contributed by atoms with Gasteiger partial charge in [-0.25, -0.2) is 9.78 Å². The van der Waals surface area contributed by atoms with Crippen LogP contribution >= 0.6 is 11.3 Å². The zero-order chi connectivity index (χ0) is 23.4. The highest BCUT2D eigenvalue weighted by atomic mass is 32.1. The highest BCUT2D eigenvalue weighted by Crippen LogP contribution is 2.44. The number of rotatable bonds is 8. The van der Waals surface area contributed by atoms with Gasteiger partial charge in [0.2, 0.25) is 0 Å². The second-order valence-electron chi connectivity index (χ2n) is 7.64. The lowest BCUT2D eigenvalue weighted by Gasteiger charge is -2.14. The Kier molecular flexibility index (Phi) is 6.69. The van der Waals surface area contributed by atoms with E-state index in [9.17, 15) is 14.4 Å². The summed E-state index contributed by atoms with van der Waals surface area (Å²) in [5, 5.41) is 14.2. The van der Waals surface area contributed by atoms with Gasteiger partial charge >= 0.3 is 12.1 Å². The van der Waals surface area contributed by atoms with Crippen LogP contribution in [0.5, 0.6) is 0 Å². The molecule has 2 amide bonds. The minimum Gasteiger partial charge on any atom is -0.481 e. The van der Waals surface area contributed by atoms with E-state index in [-0.39, 0.29) is 36.5 Å². The average molecular weight is 466 g/mol. The maximum absolute atomic E-state index is 12.4. The van der Waals surface area contributed by atoms with Crippen LogP contribution in [0.4, 0.5) is 9.93 Å². The van der Waals surface area contributed by atoms with Crippen LogP contribution in [0.3, 0.4) is 0 Å². The molecule has 3 N–H and O–H groups in total. The number of aryl methyl sites for hydroxylation is 1. The van der Waals surface area contributed by atoms with Crippen LogP contribution in [0.2, 0.25) is 0 Å². The third-order valence-electron chi connectivity index (χ3n) is 5.41. The van der Waals surface area contributed by atoms with Gasteiger partial charge in [-0.3, -0.25) is 14.9 Å². The number of carbonyl (C=O) groups excluding carboxylic acids is 2. The number of carbonyl (C=O) groups is 3. The van der Waals surface area contributed by atoms with E-state index in [1.807, 2.05) is 36.4 Å². The lowest BCUT2D eigenvalue weighted by Crippen LogP contribution is -2.24. The quantitative estimate of drug-likeness (QED) is 0.424. The predicted octanol–water partition coefficient (Wildman–Crippen LogP) is 4.41. The van der Waals surface area contributed by atoms with E-state index in [4.69, 9.17) is 9.84 Å². The average Bonchev–Trinajstić information content (AvgIpc) is 3.32. The molecule has 170 valence electrons. The Hall–Kier alpha value is -3.72.